The van der Waals surface area contributed by atoms with Gasteiger partial charge in [-0.1, -0.05) is 32.0 Å². The maximum Gasteiger partial charge on any atom is 0.124 e. The molecule has 2 unspecified atom stereocenters. The molecule has 20 heavy (non-hydrogen) atoms. The van der Waals surface area contributed by atoms with Crippen LogP contribution in [0.1, 0.15) is 45.7 Å². The van der Waals surface area contributed by atoms with E-state index in [0.29, 0.717) is 18.1 Å². The zero-order valence-corrected chi connectivity index (χ0v) is 13.2. The van der Waals surface area contributed by atoms with Crippen LogP contribution in [0.4, 0.5) is 0 Å². The van der Waals surface area contributed by atoms with Crippen LogP contribution in [0.5, 0.6) is 5.75 Å². The quantitative estimate of drug-likeness (QED) is 0.863. The summed E-state index contributed by atoms with van der Waals surface area (Å²) in [6, 6.07) is 9.73. The fourth-order valence-electron chi connectivity index (χ4n) is 3.17. The van der Waals surface area contributed by atoms with Gasteiger partial charge in [0.15, 0.2) is 0 Å². The summed E-state index contributed by atoms with van der Waals surface area (Å²) < 4.78 is 6.01. The summed E-state index contributed by atoms with van der Waals surface area (Å²) >= 11 is 0. The molecule has 3 heteroatoms. The summed E-state index contributed by atoms with van der Waals surface area (Å²) in [5.74, 6) is 1.04. The molecule has 1 aromatic carbocycles. The molecule has 1 N–H and O–H groups in total. The monoisotopic (exact) mass is 276 g/mol. The highest BCUT2D eigenvalue weighted by Gasteiger charge is 2.34. The van der Waals surface area contributed by atoms with Gasteiger partial charge in [0.1, 0.15) is 12.4 Å². The van der Waals surface area contributed by atoms with E-state index >= 15 is 0 Å². The number of fused-ring (bicyclic) bond motifs is 1. The highest BCUT2D eigenvalue weighted by Crippen LogP contribution is 2.34. The Hall–Kier alpha value is -1.06. The lowest BCUT2D eigenvalue weighted by molar-refractivity contribution is 0.0629. The summed E-state index contributed by atoms with van der Waals surface area (Å²) in [7, 11) is 0. The van der Waals surface area contributed by atoms with E-state index < -0.39 is 0 Å². The first-order chi connectivity index (χ1) is 9.69. The van der Waals surface area contributed by atoms with Crippen molar-refractivity contribution in [2.75, 3.05) is 19.7 Å². The van der Waals surface area contributed by atoms with E-state index in [1.807, 2.05) is 0 Å². The molecule has 2 rings (SSSR count). The van der Waals surface area contributed by atoms with E-state index in [1.54, 1.807) is 0 Å². The molecule has 1 aliphatic heterocycles. The Balaban J connectivity index is 2.29. The van der Waals surface area contributed by atoms with Gasteiger partial charge in [-0.25, -0.2) is 0 Å². The zero-order valence-electron chi connectivity index (χ0n) is 13.2. The van der Waals surface area contributed by atoms with Crippen molar-refractivity contribution in [2.45, 2.75) is 52.2 Å². The van der Waals surface area contributed by atoms with Crippen molar-refractivity contribution >= 4 is 0 Å². The molecule has 2 atom stereocenters. The van der Waals surface area contributed by atoms with Gasteiger partial charge in [-0.2, -0.15) is 0 Å². The van der Waals surface area contributed by atoms with Gasteiger partial charge in [0.25, 0.3) is 0 Å². The highest BCUT2D eigenvalue weighted by atomic mass is 16.5. The molecule has 0 saturated heterocycles. The molecular weight excluding hydrogens is 248 g/mol. The van der Waals surface area contributed by atoms with E-state index in [9.17, 15) is 0 Å². The molecule has 0 bridgehead atoms. The first-order valence-electron chi connectivity index (χ1n) is 7.89. The summed E-state index contributed by atoms with van der Waals surface area (Å²) in [5.41, 5.74) is 1.30. The molecule has 0 fully saturated rings. The molecular formula is C17H28N2O. The smallest absolute Gasteiger partial charge is 0.124 e. The Morgan fingerprint density at radius 1 is 1.30 bits per heavy atom. The minimum atomic E-state index is 0.360. The SMILES string of the molecule is CCCN(C(C)C)C1COc2ccccc2C1NCC. The predicted octanol–water partition coefficient (Wildman–Crippen LogP) is 3.22. The van der Waals surface area contributed by atoms with Crippen LogP contribution in [0.3, 0.4) is 0 Å². The predicted molar refractivity (Wildman–Crippen MR) is 84.3 cm³/mol. The van der Waals surface area contributed by atoms with E-state index in [0.717, 1.165) is 25.4 Å². The van der Waals surface area contributed by atoms with Crippen LogP contribution in [-0.2, 0) is 0 Å². The second-order valence-corrected chi connectivity index (χ2v) is 5.78. The van der Waals surface area contributed by atoms with Crippen molar-refractivity contribution < 1.29 is 4.74 Å². The maximum atomic E-state index is 6.01. The highest BCUT2D eigenvalue weighted by molar-refractivity contribution is 5.38. The van der Waals surface area contributed by atoms with Crippen molar-refractivity contribution in [3.05, 3.63) is 29.8 Å². The van der Waals surface area contributed by atoms with Crippen molar-refractivity contribution in [1.29, 1.82) is 0 Å². The number of benzene rings is 1. The first kappa shape index (κ1) is 15.3. The van der Waals surface area contributed by atoms with Crippen molar-refractivity contribution in [1.82, 2.24) is 10.2 Å². The second kappa shape index (κ2) is 7.09. The number of para-hydroxylation sites is 1. The number of rotatable bonds is 6. The van der Waals surface area contributed by atoms with Crippen LogP contribution in [0.2, 0.25) is 0 Å². The summed E-state index contributed by atoms with van der Waals surface area (Å²) in [6.07, 6.45) is 1.18. The third-order valence-corrected chi connectivity index (χ3v) is 4.04. The van der Waals surface area contributed by atoms with Gasteiger partial charge >= 0.3 is 0 Å². The topological polar surface area (TPSA) is 24.5 Å². The largest absolute Gasteiger partial charge is 0.492 e. The lowest BCUT2D eigenvalue weighted by Crippen LogP contribution is -2.52. The standard InChI is InChI=1S/C17H28N2O/c1-5-11-19(13(3)4)15-12-20-16-10-8-7-9-14(16)17(15)18-6-2/h7-10,13,15,17-18H,5-6,11-12H2,1-4H3. The lowest BCUT2D eigenvalue weighted by Gasteiger charge is -2.43. The molecule has 1 heterocycles. The minimum Gasteiger partial charge on any atom is -0.492 e. The number of hydrogen-bond acceptors (Lipinski definition) is 3. The van der Waals surface area contributed by atoms with Crippen LogP contribution in [0.15, 0.2) is 24.3 Å². The molecule has 3 nitrogen and oxygen atoms in total. The normalized spacial score (nSPS) is 21.9. The summed E-state index contributed by atoms with van der Waals surface area (Å²) in [6.45, 7) is 11.8. The van der Waals surface area contributed by atoms with Crippen LogP contribution in [-0.4, -0.2) is 36.7 Å². The Bertz CT molecular complexity index is 419. The fourth-order valence-corrected chi connectivity index (χ4v) is 3.17. The summed E-state index contributed by atoms with van der Waals surface area (Å²) in [5, 5.41) is 3.66. The Kier molecular flexibility index (Phi) is 5.44. The Morgan fingerprint density at radius 3 is 2.70 bits per heavy atom. The van der Waals surface area contributed by atoms with Gasteiger partial charge in [0.05, 0.1) is 12.1 Å². The van der Waals surface area contributed by atoms with E-state index in [4.69, 9.17) is 4.74 Å². The van der Waals surface area contributed by atoms with E-state index in [-0.39, 0.29) is 0 Å². The fraction of sp³-hybridized carbons (Fsp3) is 0.647. The molecule has 0 saturated carbocycles. The van der Waals surface area contributed by atoms with E-state index in [1.165, 1.54) is 12.0 Å². The number of ether oxygens (including phenoxy) is 1. The third kappa shape index (κ3) is 3.15. The van der Waals surface area contributed by atoms with Gasteiger partial charge in [-0.05, 0) is 39.4 Å². The van der Waals surface area contributed by atoms with Crippen molar-refractivity contribution in [2.24, 2.45) is 0 Å². The molecule has 0 aromatic heterocycles. The molecule has 0 aliphatic carbocycles. The molecule has 1 aliphatic rings. The summed E-state index contributed by atoms with van der Waals surface area (Å²) in [4.78, 5) is 2.57. The molecule has 0 amide bonds. The number of nitrogens with one attached hydrogen (secondary N) is 1. The molecule has 0 spiro atoms. The van der Waals surface area contributed by atoms with E-state index in [2.05, 4.69) is 62.2 Å². The van der Waals surface area contributed by atoms with Gasteiger partial charge in [-0.3, -0.25) is 4.90 Å². The Morgan fingerprint density at radius 2 is 2.05 bits per heavy atom. The molecule has 0 radical (unpaired) electrons. The minimum absolute atomic E-state index is 0.360. The second-order valence-electron chi connectivity index (χ2n) is 5.78. The van der Waals surface area contributed by atoms with Crippen molar-refractivity contribution in [3.63, 3.8) is 0 Å². The van der Waals surface area contributed by atoms with Crippen LogP contribution >= 0.6 is 0 Å². The van der Waals surface area contributed by atoms with Crippen LogP contribution < -0.4 is 10.1 Å². The number of nitrogens with zero attached hydrogens (tertiary/aromatic N) is 1. The number of likely N-dealkylation sites (N-methyl/N-ethyl adjacent to an activating group) is 1. The third-order valence-electron chi connectivity index (χ3n) is 4.04. The molecule has 112 valence electrons. The van der Waals surface area contributed by atoms with Gasteiger partial charge < -0.3 is 10.1 Å². The number of hydrogen-bond donors (Lipinski definition) is 1. The van der Waals surface area contributed by atoms with Crippen LogP contribution in [0, 0.1) is 0 Å². The first-order valence-corrected chi connectivity index (χ1v) is 7.89. The average molecular weight is 276 g/mol. The van der Waals surface area contributed by atoms with Crippen LogP contribution in [0.25, 0.3) is 0 Å². The Labute approximate surface area is 123 Å². The molecule has 1 aromatic rings. The van der Waals surface area contributed by atoms with Gasteiger partial charge in [-0.15, -0.1) is 0 Å². The lowest BCUT2D eigenvalue weighted by atomic mass is 9.94. The van der Waals surface area contributed by atoms with Gasteiger partial charge in [0.2, 0.25) is 0 Å². The average Bonchev–Trinajstić information content (AvgIpc) is 2.45. The van der Waals surface area contributed by atoms with Crippen molar-refractivity contribution in [3.8, 4) is 5.75 Å². The maximum absolute atomic E-state index is 6.01. The zero-order chi connectivity index (χ0) is 14.5. The van der Waals surface area contributed by atoms with Gasteiger partial charge in [0, 0.05) is 11.6 Å².